The number of aryl methyl sites for hydroxylation is 1. The molecule has 4 unspecified atom stereocenters. The normalized spacial score (nSPS) is 12.2. The summed E-state index contributed by atoms with van der Waals surface area (Å²) in [6, 6.07) is 48.3. The summed E-state index contributed by atoms with van der Waals surface area (Å²) in [4.78, 5) is 76.8. The van der Waals surface area contributed by atoms with Crippen molar-refractivity contribution < 1.29 is 44.7 Å². The number of methoxy groups -OCH3 is 1. The molecule has 0 fully saturated rings. The van der Waals surface area contributed by atoms with Crippen molar-refractivity contribution in [3.8, 4) is 115 Å². The Kier molecular flexibility index (Phi) is 36.9. The van der Waals surface area contributed by atoms with E-state index in [1.54, 1.807) is 90.7 Å². The summed E-state index contributed by atoms with van der Waals surface area (Å²) in [7, 11) is -1.39. The first-order chi connectivity index (χ1) is 72.1. The van der Waals surface area contributed by atoms with Gasteiger partial charge >= 0.3 is 5.97 Å². The van der Waals surface area contributed by atoms with Crippen molar-refractivity contribution in [2.45, 2.75) is 126 Å². The number of sulfone groups is 1. The molecule has 0 aliphatic rings. The number of aromatic nitrogens is 11. The molecule has 16 heterocycles. The first kappa shape index (κ1) is 109. The number of nitrogens with zero attached hydrogens (tertiary/aromatic N) is 13. The number of pyridine rings is 5. The summed E-state index contributed by atoms with van der Waals surface area (Å²) in [5, 5.41) is 34.8. The van der Waals surface area contributed by atoms with E-state index < -0.39 is 59.0 Å². The van der Waals surface area contributed by atoms with Gasteiger partial charge in [-0.2, -0.15) is 5.26 Å². The highest BCUT2D eigenvalue weighted by molar-refractivity contribution is 7.93. The fourth-order valence-electron chi connectivity index (χ4n) is 16.0. The average Bonchev–Trinajstić information content (AvgIpc) is 1.61. The lowest BCUT2D eigenvalue weighted by atomic mass is 9.99. The Morgan fingerprint density at radius 1 is 0.443 bits per heavy atom. The van der Waals surface area contributed by atoms with Crippen LogP contribution in [0.1, 0.15) is 124 Å². The number of aliphatic hydroxyl groups is 1. The Morgan fingerprint density at radius 2 is 0.826 bits per heavy atom. The highest BCUT2D eigenvalue weighted by Gasteiger charge is 2.31. The van der Waals surface area contributed by atoms with Gasteiger partial charge in [0.2, 0.25) is 0 Å². The molecule has 1 amide bonds. The number of amides is 1. The van der Waals surface area contributed by atoms with Gasteiger partial charge in [-0.3, -0.25) is 21.6 Å². The Labute approximate surface area is 911 Å². The van der Waals surface area contributed by atoms with Crippen molar-refractivity contribution in [2.24, 2.45) is 7.05 Å². The van der Waals surface area contributed by atoms with Gasteiger partial charge in [0.15, 0.2) is 9.84 Å². The number of thiazole rings is 4. The summed E-state index contributed by atoms with van der Waals surface area (Å²) in [6.45, 7) is 10.1. The number of hydrogen-bond donors (Lipinski definition) is 6. The van der Waals surface area contributed by atoms with Crippen LogP contribution >= 0.6 is 113 Å². The number of imidazole rings is 1. The molecule has 28 nitrogen and oxygen atoms in total. The standard InChI is InChI=1S/C23H24N4O2S3.C22H21N3O3S3.C21H21N3O3S3.C21H17N3OS3.C19H21N5OS3/c1-4-5-11-32(29)23-19(24)18-16(14-7-6-8-15(12-14)22(28)27(2)3)13-17(26-21(18)31-23)20-25-9-10-30-20;1-3-4-10-31(27)22-18(23)17-15(13-6-5-7-14(11-13)21(26)28-2)12-16(25-20(17)30-22)19-24-8-9-29-19;1-2-3-10-30(26,27)21-18(22)17-15(14-6-4-13(12-25)5-7-14)11-16(24-20(17)29-21)19-23-8-9-28-19;22-10-4-5-12-28(25)21-19(23)18-15(14-7-2-1-3-8-14)13-16(24-20(18)27-21)17-9-6-11-26-17;1-4-5-8-28(25)19-16(20)15-12(14-10-22-11(2)24(14)3)9-13(23-18(15)27-19)17-21-6-7-26-17/h6-10,12-13H,4-5,11,24H2,1-3H3;5-9,11-12H,3-4,10,23H2,1-2H3;4-9,11,25H,2-3,10,12,22H2,1H3;1-3,6-9,11,13H,4-5,12,23H2;6-7,9-10H,4-5,8,20H2,1-3H3. The lowest BCUT2D eigenvalue weighted by Gasteiger charge is -2.12. The molecule has 0 bridgehead atoms. The minimum atomic E-state index is -3.48. The molecular formula is C106H104N18O10S15. The molecule has 149 heavy (non-hydrogen) atoms. The van der Waals surface area contributed by atoms with Crippen LogP contribution in [0.2, 0.25) is 0 Å². The number of carbonyl (C=O) groups is 2. The maximum atomic E-state index is 12.9. The van der Waals surface area contributed by atoms with Crippen LogP contribution in [0.15, 0.2) is 225 Å². The molecule has 0 aliphatic heterocycles. The number of nitrogen functional groups attached to an aromatic ring is 5. The second kappa shape index (κ2) is 50.2. The number of rotatable bonds is 33. The first-order valence-corrected chi connectivity index (χ1v) is 62.6. The van der Waals surface area contributed by atoms with Crippen LogP contribution in [0.5, 0.6) is 0 Å². The van der Waals surface area contributed by atoms with Crippen molar-refractivity contribution in [3.63, 3.8) is 0 Å². The lowest BCUT2D eigenvalue weighted by molar-refractivity contribution is 0.0600. The van der Waals surface area contributed by atoms with E-state index in [4.69, 9.17) is 63.6 Å². The third-order valence-electron chi connectivity index (χ3n) is 23.7. The highest BCUT2D eigenvalue weighted by atomic mass is 32.2. The van der Waals surface area contributed by atoms with Crippen LogP contribution in [0.4, 0.5) is 28.4 Å². The van der Waals surface area contributed by atoms with Gasteiger partial charge in [-0.15, -0.1) is 113 Å². The van der Waals surface area contributed by atoms with Gasteiger partial charge in [-0.05, 0) is 155 Å². The fraction of sp³-hybridized carbons (Fsp3) is 0.236. The molecule has 4 atom stereocenters. The van der Waals surface area contributed by atoms with E-state index in [0.29, 0.717) is 119 Å². The van der Waals surface area contributed by atoms with Crippen LogP contribution < -0.4 is 28.7 Å². The zero-order chi connectivity index (χ0) is 105. The van der Waals surface area contributed by atoms with Crippen LogP contribution in [-0.2, 0) is 71.4 Å². The van der Waals surface area contributed by atoms with E-state index >= 15 is 0 Å². The van der Waals surface area contributed by atoms with Crippen molar-refractivity contribution in [2.75, 3.05) is 78.6 Å². The SMILES string of the molecule is CCCCS(=O)(=O)c1sc2nc(-c3nccs3)cc(-c3ccc(CO)cc3)c2c1N.CCCCS(=O)c1sc2nc(-c3nccs3)cc(-c3cccc(C(=O)N(C)C)c3)c2c1N.CCCCS(=O)c1sc2nc(-c3nccs3)cc(-c3cccc(C(=O)OC)c3)c2c1N.CCCCS(=O)c1sc2nc(-c3nccs3)cc(-c3cnc(C)n3C)c2c1N.N#CCCCS(=O)c1sc2nc(-c3cccs3)cc(-c3ccccc3)c2c1N. The van der Waals surface area contributed by atoms with Gasteiger partial charge < -0.3 is 48.0 Å². The number of carbonyl (C=O) groups excluding carboxylic acids is 2. The van der Waals surface area contributed by atoms with E-state index in [2.05, 4.69) is 57.8 Å². The number of thiophene rings is 6. The van der Waals surface area contributed by atoms with Crippen LogP contribution in [0.25, 0.3) is 160 Å². The second-order valence-corrected chi connectivity index (χ2v) is 52.9. The number of benzene rings is 4. The van der Waals surface area contributed by atoms with Crippen molar-refractivity contribution in [1.29, 1.82) is 5.26 Å². The van der Waals surface area contributed by atoms with E-state index in [0.717, 1.165) is 201 Å². The van der Waals surface area contributed by atoms with E-state index in [9.17, 15) is 39.9 Å². The number of esters is 1. The number of nitrogens with two attached hydrogens (primary N) is 5. The number of aliphatic hydroxyl groups excluding tert-OH is 1. The molecule has 11 N–H and O–H groups in total. The highest BCUT2D eigenvalue weighted by Crippen LogP contribution is 2.51. The Bertz CT molecular complexity index is 8450. The molecule has 768 valence electrons. The third kappa shape index (κ3) is 24.7. The van der Waals surface area contributed by atoms with Crippen LogP contribution in [0, 0.1) is 18.3 Å². The van der Waals surface area contributed by atoms with Crippen molar-refractivity contribution >= 4 is 258 Å². The molecule has 20 aromatic rings. The maximum absolute atomic E-state index is 12.9. The quantitative estimate of drug-likeness (QED) is 0.0164. The Morgan fingerprint density at radius 3 is 1.21 bits per heavy atom. The molecule has 0 spiro atoms. The number of fused-ring (bicyclic) bond motifs is 5. The smallest absolute Gasteiger partial charge is 0.337 e. The molecule has 43 heteroatoms. The van der Waals surface area contributed by atoms with E-state index in [1.165, 1.54) is 86.5 Å². The average molecular weight is 2270 g/mol. The molecule has 0 radical (unpaired) electrons. The fourth-order valence-corrected chi connectivity index (χ4v) is 33.2. The number of anilines is 5. The predicted molar refractivity (Wildman–Crippen MR) is 624 cm³/mol. The lowest BCUT2D eigenvalue weighted by Crippen LogP contribution is -2.21. The number of hydrogen-bond acceptors (Lipinski definition) is 36. The third-order valence-corrected chi connectivity index (χ3v) is 43.3. The van der Waals surface area contributed by atoms with Crippen molar-refractivity contribution in [3.05, 3.63) is 226 Å². The Balaban J connectivity index is 0.000000133. The van der Waals surface area contributed by atoms with Gasteiger partial charge in [0, 0.05) is 135 Å². The topological polar surface area (TPSA) is 457 Å². The monoisotopic (exact) mass is 2270 g/mol. The maximum Gasteiger partial charge on any atom is 0.337 e. The molecular weight excluding hydrogens is 2170 g/mol. The molecule has 16 aromatic heterocycles. The van der Waals surface area contributed by atoms with Gasteiger partial charge in [0.25, 0.3) is 5.91 Å². The molecule has 0 saturated heterocycles. The summed E-state index contributed by atoms with van der Waals surface area (Å²) in [5.41, 5.74) is 49.5. The molecule has 4 aromatic carbocycles. The number of ether oxygens (including phenoxy) is 1. The van der Waals surface area contributed by atoms with Gasteiger partial charge in [-0.1, -0.05) is 138 Å². The minimum Gasteiger partial charge on any atom is -0.465 e. The molecule has 20 rings (SSSR count). The van der Waals surface area contributed by atoms with E-state index in [-0.39, 0.29) is 28.2 Å². The second-order valence-electron chi connectivity index (χ2n) is 34.0. The Hall–Kier alpha value is -12.2. The largest absolute Gasteiger partial charge is 0.465 e. The van der Waals surface area contributed by atoms with Gasteiger partial charge in [0.1, 0.15) is 93.8 Å². The van der Waals surface area contributed by atoms with Crippen LogP contribution in [-0.4, -0.2) is 152 Å². The van der Waals surface area contributed by atoms with E-state index in [1.807, 2.05) is 174 Å². The van der Waals surface area contributed by atoms with Crippen molar-refractivity contribution in [1.82, 2.24) is 59.3 Å². The minimum absolute atomic E-state index is 0.0448. The summed E-state index contributed by atoms with van der Waals surface area (Å²) in [6.07, 6.45) is 16.8. The van der Waals surface area contributed by atoms with Gasteiger partial charge in [-0.25, -0.2) is 63.1 Å². The first-order valence-electron chi connectivity index (χ1n) is 47.2. The molecule has 0 aliphatic carbocycles. The molecule has 0 saturated carbocycles. The van der Waals surface area contributed by atoms with Gasteiger partial charge in [0.05, 0.1) is 125 Å². The van der Waals surface area contributed by atoms with Crippen LogP contribution in [0.3, 0.4) is 0 Å². The predicted octanol–water partition coefficient (Wildman–Crippen LogP) is 25.7. The summed E-state index contributed by atoms with van der Waals surface area (Å²) < 4.78 is 87.0. The zero-order valence-corrected chi connectivity index (χ0v) is 94.6. The summed E-state index contributed by atoms with van der Waals surface area (Å²) in [5.74, 6) is 2.70. The number of nitriles is 1. The number of unbranched alkanes of at least 4 members (excludes halogenated alkanes) is 5. The zero-order valence-electron chi connectivity index (χ0n) is 82.4. The summed E-state index contributed by atoms with van der Waals surface area (Å²) >= 11 is 14.4.